The van der Waals surface area contributed by atoms with Crippen molar-refractivity contribution in [3.05, 3.63) is 91.0 Å². The molecule has 0 spiro atoms. The molecule has 35 heavy (non-hydrogen) atoms. The van der Waals surface area contributed by atoms with E-state index in [4.69, 9.17) is 9.47 Å². The maximum absolute atomic E-state index is 13.0. The third-order valence-electron chi connectivity index (χ3n) is 5.45. The lowest BCUT2D eigenvalue weighted by atomic mass is 10.1. The monoisotopic (exact) mass is 488 g/mol. The number of esters is 1. The molecule has 1 amide bonds. The molecule has 0 unspecified atom stereocenters. The molecule has 4 aromatic rings. The van der Waals surface area contributed by atoms with Crippen LogP contribution in [-0.4, -0.2) is 33.4 Å². The highest BCUT2D eigenvalue weighted by Crippen LogP contribution is 2.41. The van der Waals surface area contributed by atoms with E-state index in [-0.39, 0.29) is 4.90 Å². The fraction of sp³-hybridized carbons (Fsp3) is 0.0769. The first-order valence-electron chi connectivity index (χ1n) is 10.8. The quantitative estimate of drug-likeness (QED) is 0.389. The molecule has 4 aromatic carbocycles. The van der Waals surface area contributed by atoms with Crippen molar-refractivity contribution in [2.24, 2.45) is 0 Å². The van der Waals surface area contributed by atoms with Gasteiger partial charge < -0.3 is 14.8 Å². The molecule has 176 valence electrons. The highest BCUT2D eigenvalue weighted by Gasteiger charge is 2.37. The topological polar surface area (TPSA) is 102 Å². The van der Waals surface area contributed by atoms with Crippen molar-refractivity contribution in [2.45, 2.75) is 4.90 Å². The van der Waals surface area contributed by atoms with Gasteiger partial charge in [0, 0.05) is 5.39 Å². The molecule has 1 N–H and O–H groups in total. The number of rotatable bonds is 7. The Balaban J connectivity index is 1.23. The zero-order chi connectivity index (χ0) is 24.4. The molecular formula is C26H20N2O6S. The van der Waals surface area contributed by atoms with E-state index in [1.807, 2.05) is 30.3 Å². The van der Waals surface area contributed by atoms with Crippen LogP contribution >= 0.6 is 0 Å². The molecule has 1 heterocycles. The number of ether oxygens (including phenoxy) is 2. The van der Waals surface area contributed by atoms with Gasteiger partial charge >= 0.3 is 5.97 Å². The Morgan fingerprint density at radius 3 is 2.34 bits per heavy atom. The summed E-state index contributed by atoms with van der Waals surface area (Å²) in [5.41, 5.74) is 0.813. The molecule has 0 aliphatic carbocycles. The van der Waals surface area contributed by atoms with Crippen LogP contribution in [0, 0.1) is 0 Å². The number of para-hydroxylation sites is 3. The molecule has 8 nitrogen and oxygen atoms in total. The second-order valence-electron chi connectivity index (χ2n) is 7.76. The van der Waals surface area contributed by atoms with Gasteiger partial charge in [-0.2, -0.15) is 0 Å². The van der Waals surface area contributed by atoms with E-state index in [2.05, 4.69) is 5.32 Å². The molecule has 1 aliphatic rings. The van der Waals surface area contributed by atoms with Crippen LogP contribution in [0.2, 0.25) is 0 Å². The summed E-state index contributed by atoms with van der Waals surface area (Å²) in [6, 6.07) is 26.1. The fourth-order valence-electron chi connectivity index (χ4n) is 3.90. The largest absolute Gasteiger partial charge is 0.455 e. The Kier molecular flexibility index (Phi) is 5.84. The second kappa shape index (κ2) is 9.11. The Labute approximate surface area is 201 Å². The van der Waals surface area contributed by atoms with Crippen LogP contribution in [0.5, 0.6) is 11.5 Å². The maximum Gasteiger partial charge on any atom is 0.327 e. The first kappa shape index (κ1) is 22.4. The molecule has 0 radical (unpaired) electrons. The Hall–Kier alpha value is -4.37. The standard InChI is InChI=1S/C26H20N2O6S/c29-24(27-20-12-4-5-14-22(20)34-19-10-2-1-3-11-19)17-33-25(30)16-28-21-13-6-8-18-9-7-15-23(26(18)21)35(28,31)32/h1-15H,16-17H2,(H,27,29). The molecule has 0 bridgehead atoms. The minimum absolute atomic E-state index is 0.145. The van der Waals surface area contributed by atoms with E-state index < -0.39 is 35.1 Å². The highest BCUT2D eigenvalue weighted by atomic mass is 32.2. The van der Waals surface area contributed by atoms with Crippen LogP contribution in [0.4, 0.5) is 11.4 Å². The van der Waals surface area contributed by atoms with Crippen molar-refractivity contribution in [3.63, 3.8) is 0 Å². The van der Waals surface area contributed by atoms with Gasteiger partial charge in [-0.25, -0.2) is 8.42 Å². The van der Waals surface area contributed by atoms with Crippen LogP contribution in [0.15, 0.2) is 95.9 Å². The highest BCUT2D eigenvalue weighted by molar-refractivity contribution is 7.93. The number of nitrogens with one attached hydrogen (secondary N) is 1. The molecule has 0 fully saturated rings. The summed E-state index contributed by atoms with van der Waals surface area (Å²) in [5, 5.41) is 3.98. The van der Waals surface area contributed by atoms with Crippen LogP contribution in [0.25, 0.3) is 10.8 Å². The summed E-state index contributed by atoms with van der Waals surface area (Å²) in [5.74, 6) is -0.407. The van der Waals surface area contributed by atoms with Gasteiger partial charge in [0.15, 0.2) is 12.4 Å². The number of anilines is 2. The third kappa shape index (κ3) is 4.41. The van der Waals surface area contributed by atoms with Crippen LogP contribution < -0.4 is 14.4 Å². The molecular weight excluding hydrogens is 468 g/mol. The van der Waals surface area contributed by atoms with Gasteiger partial charge in [0.1, 0.15) is 12.3 Å². The van der Waals surface area contributed by atoms with Crippen molar-refractivity contribution in [3.8, 4) is 11.5 Å². The number of amides is 1. The maximum atomic E-state index is 13.0. The number of carbonyl (C=O) groups is 2. The van der Waals surface area contributed by atoms with E-state index in [0.717, 1.165) is 9.69 Å². The van der Waals surface area contributed by atoms with Crippen molar-refractivity contribution < 1.29 is 27.5 Å². The third-order valence-corrected chi connectivity index (χ3v) is 7.25. The smallest absolute Gasteiger partial charge is 0.327 e. The van der Waals surface area contributed by atoms with Gasteiger partial charge in [-0.15, -0.1) is 0 Å². The lowest BCUT2D eigenvalue weighted by Gasteiger charge is -2.18. The number of hydrogen-bond acceptors (Lipinski definition) is 6. The van der Waals surface area contributed by atoms with Gasteiger partial charge in [-0.3, -0.25) is 13.9 Å². The van der Waals surface area contributed by atoms with E-state index in [9.17, 15) is 18.0 Å². The second-order valence-corrected chi connectivity index (χ2v) is 9.59. The minimum atomic E-state index is -3.90. The average Bonchev–Trinajstić information content (AvgIpc) is 3.08. The number of carbonyl (C=O) groups excluding carboxylic acids is 2. The van der Waals surface area contributed by atoms with E-state index >= 15 is 0 Å². The Morgan fingerprint density at radius 2 is 1.54 bits per heavy atom. The van der Waals surface area contributed by atoms with E-state index in [0.29, 0.717) is 28.3 Å². The lowest BCUT2D eigenvalue weighted by Crippen LogP contribution is -2.34. The average molecular weight is 489 g/mol. The molecule has 0 saturated carbocycles. The van der Waals surface area contributed by atoms with Crippen molar-refractivity contribution in [2.75, 3.05) is 22.8 Å². The van der Waals surface area contributed by atoms with Gasteiger partial charge in [0.2, 0.25) is 0 Å². The molecule has 5 rings (SSSR count). The predicted molar refractivity (Wildman–Crippen MR) is 131 cm³/mol. The first-order chi connectivity index (χ1) is 16.9. The van der Waals surface area contributed by atoms with Crippen molar-refractivity contribution >= 4 is 44.0 Å². The van der Waals surface area contributed by atoms with Gasteiger partial charge in [0.25, 0.3) is 15.9 Å². The summed E-state index contributed by atoms with van der Waals surface area (Å²) in [4.78, 5) is 25.1. The predicted octanol–water partition coefficient (Wildman–Crippen LogP) is 4.32. The number of nitrogens with zero attached hydrogens (tertiary/aromatic N) is 1. The summed E-state index contributed by atoms with van der Waals surface area (Å²) >= 11 is 0. The lowest BCUT2D eigenvalue weighted by molar-refractivity contribution is -0.145. The van der Waals surface area contributed by atoms with Crippen LogP contribution in [0.3, 0.4) is 0 Å². The number of hydrogen-bond donors (Lipinski definition) is 1. The van der Waals surface area contributed by atoms with Gasteiger partial charge in [-0.05, 0) is 41.8 Å². The molecule has 1 aliphatic heterocycles. The Bertz CT molecular complexity index is 1530. The molecule has 0 aromatic heterocycles. The Morgan fingerprint density at radius 1 is 0.829 bits per heavy atom. The minimum Gasteiger partial charge on any atom is -0.455 e. The van der Waals surface area contributed by atoms with Crippen molar-refractivity contribution in [1.82, 2.24) is 0 Å². The van der Waals surface area contributed by atoms with E-state index in [1.165, 1.54) is 6.07 Å². The molecule has 0 saturated heterocycles. The zero-order valence-electron chi connectivity index (χ0n) is 18.4. The van der Waals surface area contributed by atoms with E-state index in [1.54, 1.807) is 54.6 Å². The summed E-state index contributed by atoms with van der Waals surface area (Å²) in [7, 11) is -3.90. The molecule has 0 atom stereocenters. The number of benzene rings is 4. The van der Waals surface area contributed by atoms with Gasteiger partial charge in [-0.1, -0.05) is 54.6 Å². The normalized spacial score (nSPS) is 13.4. The molecule has 9 heteroatoms. The van der Waals surface area contributed by atoms with Crippen LogP contribution in [-0.2, 0) is 24.3 Å². The fourth-order valence-corrected chi connectivity index (χ4v) is 5.55. The number of sulfonamides is 1. The summed E-state index contributed by atoms with van der Waals surface area (Å²) in [6.45, 7) is -1.12. The SMILES string of the molecule is O=C(COC(=O)CN1c2cccc3cccc(c23)S1(=O)=O)Nc1ccccc1Oc1ccccc1. The first-order valence-corrected chi connectivity index (χ1v) is 12.2. The van der Waals surface area contributed by atoms with Gasteiger partial charge in [0.05, 0.1) is 16.3 Å². The zero-order valence-corrected chi connectivity index (χ0v) is 19.2. The summed E-state index contributed by atoms with van der Waals surface area (Å²) < 4.78 is 37.9. The van der Waals surface area contributed by atoms with Crippen LogP contribution in [0.1, 0.15) is 0 Å². The summed E-state index contributed by atoms with van der Waals surface area (Å²) in [6.07, 6.45) is 0. The van der Waals surface area contributed by atoms with Crippen molar-refractivity contribution in [1.29, 1.82) is 0 Å².